The van der Waals surface area contributed by atoms with Gasteiger partial charge in [0.05, 0.1) is 31.5 Å². The number of hydrogen-bond donors (Lipinski definition) is 4. The summed E-state index contributed by atoms with van der Waals surface area (Å²) in [6.07, 6.45) is 4.81. The molecule has 0 saturated heterocycles. The van der Waals surface area contributed by atoms with Crippen LogP contribution in [-0.2, 0) is 32.0 Å². The molecule has 0 aliphatic heterocycles. The molecule has 6 aromatic rings. The van der Waals surface area contributed by atoms with Crippen molar-refractivity contribution in [1.29, 1.82) is 0 Å². The quantitative estimate of drug-likeness (QED) is 0.0513. The van der Waals surface area contributed by atoms with Crippen LogP contribution in [0.1, 0.15) is 134 Å². The average molecular weight is 1050 g/mol. The van der Waals surface area contributed by atoms with Crippen molar-refractivity contribution in [2.24, 2.45) is 5.92 Å². The highest BCUT2D eigenvalue weighted by Crippen LogP contribution is 2.28. The number of halogens is 3. The molecule has 4 N–H and O–H groups in total. The molecule has 392 valence electrons. The summed E-state index contributed by atoms with van der Waals surface area (Å²) in [5.74, 6) is -3.14. The Morgan fingerprint density at radius 1 is 0.649 bits per heavy atom. The number of ether oxygens (including phenoxy) is 1. The smallest absolute Gasteiger partial charge is 0.305 e. The van der Waals surface area contributed by atoms with Crippen LogP contribution in [-0.4, -0.2) is 49.7 Å². The summed E-state index contributed by atoms with van der Waals surface area (Å²) in [5.41, 5.74) is 5.06. The standard InChI is InChI=1S/C30H34ClFN2O5.C28H31ClN2O4/c1-4-6-13-27(29(37)33-26(17-28(35)36)20-9-7-10-22(15-20)39-5-2)34-18-19(3)14-21(30(34)38)16-23-24(31)11-8-12-25(23)32;1-17(2)26(27(34)30-24(15-25(32)33)20-11-9-18(3)10-12-20)31-16-19(4)13-22(28(31)35)14-21-7-5-6-8-23(21)29/h7-12,14-15,18,26-27H,4-6,13,16-17H2,1-3H3,(H,33,37)(H,35,36);5-13,16-17,24,26H,14-15H2,1-4H3,(H,30,34)(H,32,33)/t26-,27-;24?,26-/m00/s1. The Labute approximate surface area is 441 Å². The zero-order valence-electron chi connectivity index (χ0n) is 42.8. The van der Waals surface area contributed by atoms with E-state index in [1.54, 1.807) is 61.8 Å². The number of aryl methyl sites for hydroxylation is 3. The third-order valence-corrected chi connectivity index (χ3v) is 13.1. The predicted molar refractivity (Wildman–Crippen MR) is 287 cm³/mol. The first-order valence-electron chi connectivity index (χ1n) is 24.6. The molecule has 13 nitrogen and oxygen atoms in total. The van der Waals surface area contributed by atoms with Crippen molar-refractivity contribution in [2.75, 3.05) is 6.61 Å². The molecule has 0 spiro atoms. The summed E-state index contributed by atoms with van der Waals surface area (Å²) >= 11 is 12.5. The van der Waals surface area contributed by atoms with Crippen molar-refractivity contribution < 1.29 is 38.5 Å². The van der Waals surface area contributed by atoms with Gasteiger partial charge in [-0.15, -0.1) is 0 Å². The molecule has 0 aliphatic rings. The Kier molecular flexibility index (Phi) is 21.4. The maximum absolute atomic E-state index is 14.5. The van der Waals surface area contributed by atoms with Crippen LogP contribution in [0.15, 0.2) is 125 Å². The highest BCUT2D eigenvalue weighted by molar-refractivity contribution is 6.31. The Morgan fingerprint density at radius 3 is 1.81 bits per heavy atom. The normalized spacial score (nSPS) is 12.7. The molecular formula is C58H65Cl2FN4O9. The van der Waals surface area contributed by atoms with Gasteiger partial charge in [-0.1, -0.05) is 123 Å². The van der Waals surface area contributed by atoms with E-state index in [9.17, 15) is 43.4 Å². The molecule has 1 unspecified atom stereocenters. The first-order valence-corrected chi connectivity index (χ1v) is 25.4. The van der Waals surface area contributed by atoms with Crippen molar-refractivity contribution in [3.05, 3.63) is 202 Å². The number of unbranched alkanes of at least 4 members (excludes halogenated alkanes) is 1. The summed E-state index contributed by atoms with van der Waals surface area (Å²) in [7, 11) is 0. The largest absolute Gasteiger partial charge is 0.494 e. The van der Waals surface area contributed by atoms with Crippen LogP contribution < -0.4 is 26.5 Å². The summed E-state index contributed by atoms with van der Waals surface area (Å²) in [4.78, 5) is 77.5. The molecular weight excluding hydrogens is 987 g/mol. The molecule has 0 radical (unpaired) electrons. The number of carboxylic acids is 2. The molecule has 0 saturated carbocycles. The van der Waals surface area contributed by atoms with Gasteiger partial charge in [0.2, 0.25) is 11.8 Å². The molecule has 4 atom stereocenters. The number of rotatable bonds is 22. The van der Waals surface area contributed by atoms with Gasteiger partial charge in [0.1, 0.15) is 23.7 Å². The van der Waals surface area contributed by atoms with Crippen molar-refractivity contribution in [3.8, 4) is 5.75 Å². The zero-order valence-corrected chi connectivity index (χ0v) is 44.3. The molecule has 0 fully saturated rings. The van der Waals surface area contributed by atoms with Gasteiger partial charge in [-0.05, 0) is 110 Å². The number of pyridine rings is 2. The van der Waals surface area contributed by atoms with Crippen LogP contribution in [0, 0.1) is 32.5 Å². The summed E-state index contributed by atoms with van der Waals surface area (Å²) in [6, 6.07) is 26.2. The fraction of sp³-hybridized carbons (Fsp3) is 0.345. The maximum Gasteiger partial charge on any atom is 0.305 e. The Morgan fingerprint density at radius 2 is 1.22 bits per heavy atom. The highest BCUT2D eigenvalue weighted by Gasteiger charge is 2.30. The topological polar surface area (TPSA) is 186 Å². The van der Waals surface area contributed by atoms with Gasteiger partial charge >= 0.3 is 11.9 Å². The lowest BCUT2D eigenvalue weighted by molar-refractivity contribution is -0.139. The fourth-order valence-corrected chi connectivity index (χ4v) is 9.21. The van der Waals surface area contributed by atoms with E-state index in [4.69, 9.17) is 27.9 Å². The molecule has 2 amide bonds. The number of amides is 2. The molecule has 6 rings (SSSR count). The second-order valence-electron chi connectivity index (χ2n) is 18.7. The summed E-state index contributed by atoms with van der Waals surface area (Å²) < 4.78 is 22.9. The molecule has 0 bridgehead atoms. The molecule has 0 aliphatic carbocycles. The number of aromatic nitrogens is 2. The van der Waals surface area contributed by atoms with Crippen LogP contribution in [0.4, 0.5) is 4.39 Å². The van der Waals surface area contributed by atoms with E-state index in [1.165, 1.54) is 21.3 Å². The lowest BCUT2D eigenvalue weighted by Gasteiger charge is -2.27. The van der Waals surface area contributed by atoms with E-state index in [0.717, 1.165) is 28.7 Å². The van der Waals surface area contributed by atoms with E-state index in [0.29, 0.717) is 58.9 Å². The number of benzene rings is 4. The van der Waals surface area contributed by atoms with E-state index in [-0.39, 0.29) is 41.3 Å². The maximum atomic E-state index is 14.5. The minimum Gasteiger partial charge on any atom is -0.494 e. The first kappa shape index (κ1) is 57.9. The molecule has 74 heavy (non-hydrogen) atoms. The fourth-order valence-electron chi connectivity index (χ4n) is 8.77. The molecule has 16 heteroatoms. The van der Waals surface area contributed by atoms with E-state index in [2.05, 4.69) is 10.6 Å². The Hall–Kier alpha value is -7.03. The predicted octanol–water partition coefficient (Wildman–Crippen LogP) is 11.2. The Bertz CT molecular complexity index is 3030. The molecule has 2 heterocycles. The number of nitrogens with one attached hydrogen (secondary N) is 2. The third-order valence-electron chi connectivity index (χ3n) is 12.4. The summed E-state index contributed by atoms with van der Waals surface area (Å²) in [6.45, 7) is 13.6. The number of aliphatic carboxylic acids is 2. The lowest BCUT2D eigenvalue weighted by Crippen LogP contribution is -2.42. The molecule has 2 aromatic heterocycles. The van der Waals surface area contributed by atoms with E-state index >= 15 is 0 Å². The van der Waals surface area contributed by atoms with Crippen LogP contribution in [0.5, 0.6) is 5.75 Å². The van der Waals surface area contributed by atoms with E-state index in [1.807, 2.05) is 90.1 Å². The minimum atomic E-state index is -1.08. The lowest BCUT2D eigenvalue weighted by atomic mass is 9.98. The third kappa shape index (κ3) is 16.0. The SMILES string of the molecule is CCCC[C@@H](C(=O)N[C@@H](CC(=O)O)c1cccc(OCC)c1)n1cc(C)cc(Cc2c(F)cccc2Cl)c1=O.Cc1ccc(C(CC(=O)O)NC(=O)[C@H](C(C)C)n2cc(C)cc(Cc3ccccc3Cl)c2=O)cc1. The van der Waals surface area contributed by atoms with Gasteiger partial charge in [-0.3, -0.25) is 28.8 Å². The van der Waals surface area contributed by atoms with Gasteiger partial charge in [0.25, 0.3) is 11.1 Å². The van der Waals surface area contributed by atoms with Crippen LogP contribution in [0.2, 0.25) is 10.0 Å². The van der Waals surface area contributed by atoms with E-state index < -0.39 is 59.3 Å². The number of carboxylic acid groups (broad SMARTS) is 2. The van der Waals surface area contributed by atoms with Crippen molar-refractivity contribution in [1.82, 2.24) is 19.8 Å². The number of hydrogen-bond acceptors (Lipinski definition) is 7. The molecule has 4 aromatic carbocycles. The number of carbonyl (C=O) groups is 4. The minimum absolute atomic E-state index is 0.0278. The van der Waals surface area contributed by atoms with Crippen LogP contribution in [0.3, 0.4) is 0 Å². The van der Waals surface area contributed by atoms with Gasteiger partial charge in [0.15, 0.2) is 0 Å². The monoisotopic (exact) mass is 1050 g/mol. The van der Waals surface area contributed by atoms with Crippen LogP contribution >= 0.6 is 23.2 Å². The van der Waals surface area contributed by atoms with Gasteiger partial charge in [-0.25, -0.2) is 4.39 Å². The highest BCUT2D eigenvalue weighted by atomic mass is 35.5. The number of carbonyl (C=O) groups excluding carboxylic acids is 2. The average Bonchev–Trinajstić information content (AvgIpc) is 3.33. The summed E-state index contributed by atoms with van der Waals surface area (Å²) in [5, 5.41) is 25.5. The van der Waals surface area contributed by atoms with Crippen LogP contribution in [0.25, 0.3) is 0 Å². The Balaban J connectivity index is 0.000000276. The first-order chi connectivity index (χ1) is 35.2. The second kappa shape index (κ2) is 27.3. The second-order valence-corrected chi connectivity index (χ2v) is 19.6. The number of nitrogens with zero attached hydrogens (tertiary/aromatic N) is 2. The van der Waals surface area contributed by atoms with Crippen molar-refractivity contribution in [3.63, 3.8) is 0 Å². The zero-order chi connectivity index (χ0) is 54.2. The van der Waals surface area contributed by atoms with Crippen molar-refractivity contribution in [2.45, 2.75) is 118 Å². The van der Waals surface area contributed by atoms with Gasteiger partial charge in [-0.2, -0.15) is 0 Å². The van der Waals surface area contributed by atoms with Crippen molar-refractivity contribution >= 4 is 47.0 Å². The van der Waals surface area contributed by atoms with Gasteiger partial charge in [0, 0.05) is 52.0 Å². The van der Waals surface area contributed by atoms with Gasteiger partial charge < -0.3 is 34.7 Å².